The average Bonchev–Trinajstić information content (AvgIpc) is 2.40. The number of ether oxygens (including phenoxy) is 2. The first-order chi connectivity index (χ1) is 8.31. The summed E-state index contributed by atoms with van der Waals surface area (Å²) in [5, 5.41) is 0. The Morgan fingerprint density at radius 3 is 1.71 bits per heavy atom. The molecule has 2 nitrogen and oxygen atoms in total. The van der Waals surface area contributed by atoms with E-state index in [2.05, 4.69) is 6.26 Å². The average molecular weight is 246 g/mol. The zero-order chi connectivity index (χ0) is 12.1. The molecule has 2 aromatic carbocycles. The molecule has 2 aromatic rings. The SMILES string of the molecule is COc1ccc(Oc2ccc(SC)cc2)cc1. The normalized spacial score (nSPS) is 10.0. The van der Waals surface area contributed by atoms with E-state index in [1.807, 2.05) is 48.5 Å². The molecule has 0 saturated heterocycles. The van der Waals surface area contributed by atoms with E-state index >= 15 is 0 Å². The highest BCUT2D eigenvalue weighted by Crippen LogP contribution is 2.25. The van der Waals surface area contributed by atoms with E-state index in [-0.39, 0.29) is 0 Å². The van der Waals surface area contributed by atoms with Crippen molar-refractivity contribution in [1.29, 1.82) is 0 Å². The second-order valence-corrected chi connectivity index (χ2v) is 4.33. The Bertz CT molecular complexity index is 417. The molecule has 0 fully saturated rings. The zero-order valence-corrected chi connectivity index (χ0v) is 10.7. The van der Waals surface area contributed by atoms with Gasteiger partial charge in [0, 0.05) is 4.90 Å². The van der Waals surface area contributed by atoms with Crippen LogP contribution in [0.4, 0.5) is 0 Å². The molecule has 0 N–H and O–H groups in total. The third-order valence-electron chi connectivity index (χ3n) is 2.35. The Kier molecular flexibility index (Phi) is 3.94. The Morgan fingerprint density at radius 2 is 1.24 bits per heavy atom. The second-order valence-electron chi connectivity index (χ2n) is 3.45. The lowest BCUT2D eigenvalue weighted by molar-refractivity contribution is 0.413. The van der Waals surface area contributed by atoms with E-state index in [0.717, 1.165) is 17.2 Å². The van der Waals surface area contributed by atoms with Crippen LogP contribution >= 0.6 is 11.8 Å². The number of benzene rings is 2. The van der Waals surface area contributed by atoms with Gasteiger partial charge in [0.05, 0.1) is 7.11 Å². The van der Waals surface area contributed by atoms with Crippen molar-refractivity contribution in [2.75, 3.05) is 13.4 Å². The topological polar surface area (TPSA) is 18.5 Å². The highest BCUT2D eigenvalue weighted by molar-refractivity contribution is 7.98. The first-order valence-electron chi connectivity index (χ1n) is 5.28. The lowest BCUT2D eigenvalue weighted by Crippen LogP contribution is -1.85. The summed E-state index contributed by atoms with van der Waals surface area (Å²) in [6.45, 7) is 0. The van der Waals surface area contributed by atoms with Crippen LogP contribution in [-0.4, -0.2) is 13.4 Å². The molecule has 0 heterocycles. The van der Waals surface area contributed by atoms with Gasteiger partial charge in [-0.3, -0.25) is 0 Å². The molecule has 3 heteroatoms. The van der Waals surface area contributed by atoms with Gasteiger partial charge in [-0.05, 0) is 54.8 Å². The van der Waals surface area contributed by atoms with E-state index in [4.69, 9.17) is 9.47 Å². The first kappa shape index (κ1) is 11.9. The second kappa shape index (κ2) is 5.64. The molecule has 0 aromatic heterocycles. The smallest absolute Gasteiger partial charge is 0.127 e. The van der Waals surface area contributed by atoms with Gasteiger partial charge in [0.25, 0.3) is 0 Å². The third-order valence-corrected chi connectivity index (χ3v) is 3.10. The maximum absolute atomic E-state index is 5.71. The number of hydrogen-bond acceptors (Lipinski definition) is 3. The molecule has 0 aliphatic rings. The molecular weight excluding hydrogens is 232 g/mol. The van der Waals surface area contributed by atoms with Crippen molar-refractivity contribution in [3.05, 3.63) is 48.5 Å². The predicted molar refractivity (Wildman–Crippen MR) is 71.3 cm³/mol. The zero-order valence-electron chi connectivity index (χ0n) is 9.84. The van der Waals surface area contributed by atoms with Crippen LogP contribution in [0.15, 0.2) is 53.4 Å². The Balaban J connectivity index is 2.08. The van der Waals surface area contributed by atoms with Crippen molar-refractivity contribution >= 4 is 11.8 Å². The van der Waals surface area contributed by atoms with E-state index in [0.29, 0.717) is 0 Å². The Labute approximate surface area is 106 Å². The highest BCUT2D eigenvalue weighted by Gasteiger charge is 1.98. The summed E-state index contributed by atoms with van der Waals surface area (Å²) in [7, 11) is 1.65. The molecule has 0 atom stereocenters. The van der Waals surface area contributed by atoms with Crippen LogP contribution in [0.1, 0.15) is 0 Å². The molecule has 2 rings (SSSR count). The maximum atomic E-state index is 5.71. The first-order valence-corrected chi connectivity index (χ1v) is 6.50. The van der Waals surface area contributed by atoms with Gasteiger partial charge >= 0.3 is 0 Å². The van der Waals surface area contributed by atoms with Gasteiger partial charge in [0.15, 0.2) is 0 Å². The van der Waals surface area contributed by atoms with E-state index in [1.165, 1.54) is 4.90 Å². The molecule has 0 aliphatic heterocycles. The number of methoxy groups -OCH3 is 1. The minimum atomic E-state index is 0.808. The fourth-order valence-electron chi connectivity index (χ4n) is 1.42. The summed E-state index contributed by atoms with van der Waals surface area (Å²) in [6, 6.07) is 15.6. The lowest BCUT2D eigenvalue weighted by atomic mass is 10.3. The summed E-state index contributed by atoms with van der Waals surface area (Å²) in [5.41, 5.74) is 0. The molecule has 88 valence electrons. The summed E-state index contributed by atoms with van der Waals surface area (Å²) >= 11 is 1.72. The third kappa shape index (κ3) is 3.17. The molecule has 17 heavy (non-hydrogen) atoms. The molecule has 0 spiro atoms. The fourth-order valence-corrected chi connectivity index (χ4v) is 1.83. The van der Waals surface area contributed by atoms with Gasteiger partial charge < -0.3 is 9.47 Å². The monoisotopic (exact) mass is 246 g/mol. The van der Waals surface area contributed by atoms with Gasteiger partial charge in [0.1, 0.15) is 17.2 Å². The van der Waals surface area contributed by atoms with Gasteiger partial charge in [-0.15, -0.1) is 11.8 Å². The molecular formula is C14H14O2S. The van der Waals surface area contributed by atoms with Crippen molar-refractivity contribution in [3.8, 4) is 17.2 Å². The Hall–Kier alpha value is -1.61. The van der Waals surface area contributed by atoms with Crippen LogP contribution < -0.4 is 9.47 Å². The predicted octanol–water partition coefficient (Wildman–Crippen LogP) is 4.21. The van der Waals surface area contributed by atoms with E-state index in [9.17, 15) is 0 Å². The Morgan fingerprint density at radius 1 is 0.765 bits per heavy atom. The van der Waals surface area contributed by atoms with Crippen LogP contribution in [-0.2, 0) is 0 Å². The highest BCUT2D eigenvalue weighted by atomic mass is 32.2. The molecule has 0 amide bonds. The molecule has 0 radical (unpaired) electrons. The summed E-state index contributed by atoms with van der Waals surface area (Å²) in [4.78, 5) is 1.23. The van der Waals surface area contributed by atoms with E-state index in [1.54, 1.807) is 18.9 Å². The molecule has 0 unspecified atom stereocenters. The molecule has 0 aliphatic carbocycles. The van der Waals surface area contributed by atoms with Crippen LogP contribution in [0.2, 0.25) is 0 Å². The van der Waals surface area contributed by atoms with Crippen molar-refractivity contribution in [3.63, 3.8) is 0 Å². The van der Waals surface area contributed by atoms with Gasteiger partial charge in [-0.2, -0.15) is 0 Å². The molecule has 0 saturated carbocycles. The fraction of sp³-hybridized carbons (Fsp3) is 0.143. The summed E-state index contributed by atoms with van der Waals surface area (Å²) < 4.78 is 10.8. The molecule has 0 bridgehead atoms. The number of thioether (sulfide) groups is 1. The number of rotatable bonds is 4. The largest absolute Gasteiger partial charge is 0.497 e. The van der Waals surface area contributed by atoms with Crippen LogP contribution in [0, 0.1) is 0 Å². The van der Waals surface area contributed by atoms with Gasteiger partial charge in [-0.25, -0.2) is 0 Å². The van der Waals surface area contributed by atoms with Crippen molar-refractivity contribution in [2.45, 2.75) is 4.90 Å². The standard InChI is InChI=1S/C14H14O2S/c1-15-11-3-5-12(6-4-11)16-13-7-9-14(17-2)10-8-13/h3-10H,1-2H3. The summed E-state index contributed by atoms with van der Waals surface area (Å²) in [5.74, 6) is 2.48. The van der Waals surface area contributed by atoms with Crippen molar-refractivity contribution in [2.24, 2.45) is 0 Å². The van der Waals surface area contributed by atoms with Crippen LogP contribution in [0.5, 0.6) is 17.2 Å². The van der Waals surface area contributed by atoms with Crippen molar-refractivity contribution in [1.82, 2.24) is 0 Å². The van der Waals surface area contributed by atoms with E-state index < -0.39 is 0 Å². The van der Waals surface area contributed by atoms with Crippen LogP contribution in [0.3, 0.4) is 0 Å². The van der Waals surface area contributed by atoms with Gasteiger partial charge in [-0.1, -0.05) is 0 Å². The quantitative estimate of drug-likeness (QED) is 0.753. The minimum Gasteiger partial charge on any atom is -0.497 e. The minimum absolute atomic E-state index is 0.808. The van der Waals surface area contributed by atoms with Gasteiger partial charge in [0.2, 0.25) is 0 Å². The van der Waals surface area contributed by atoms with Crippen molar-refractivity contribution < 1.29 is 9.47 Å². The summed E-state index contributed by atoms with van der Waals surface area (Å²) in [6.07, 6.45) is 2.05. The van der Waals surface area contributed by atoms with Crippen LogP contribution in [0.25, 0.3) is 0 Å². The lowest BCUT2D eigenvalue weighted by Gasteiger charge is -2.07. The maximum Gasteiger partial charge on any atom is 0.127 e. The number of hydrogen-bond donors (Lipinski definition) is 0.